The van der Waals surface area contributed by atoms with Crippen molar-refractivity contribution in [2.75, 3.05) is 0 Å². The highest BCUT2D eigenvalue weighted by atomic mass is 79.9. The molecule has 0 unspecified atom stereocenters. The van der Waals surface area contributed by atoms with Crippen LogP contribution in [0.5, 0.6) is 0 Å². The normalized spacial score (nSPS) is 10.7. The van der Waals surface area contributed by atoms with Gasteiger partial charge < -0.3 is 5.11 Å². The van der Waals surface area contributed by atoms with Crippen LogP contribution >= 0.6 is 15.9 Å². The number of carboxylic acids is 1. The third-order valence-corrected chi connectivity index (χ3v) is 2.43. The van der Waals surface area contributed by atoms with Crippen molar-refractivity contribution in [2.45, 2.75) is 6.92 Å². The fraction of sp³-hybridized carbons (Fsp3) is 0.125. The van der Waals surface area contributed by atoms with E-state index in [2.05, 4.69) is 26.0 Å². The summed E-state index contributed by atoms with van der Waals surface area (Å²) in [6.07, 6.45) is 1.56. The summed E-state index contributed by atoms with van der Waals surface area (Å²) in [5.41, 5.74) is 1.28. The van der Waals surface area contributed by atoms with Gasteiger partial charge in [-0.15, -0.1) is 0 Å². The molecular weight excluding hydrogens is 250 g/mol. The Morgan fingerprint density at radius 2 is 2.36 bits per heavy atom. The molecule has 0 aliphatic rings. The molecule has 14 heavy (non-hydrogen) atoms. The molecule has 0 saturated heterocycles. The van der Waals surface area contributed by atoms with Crippen LogP contribution in [0.3, 0.4) is 0 Å². The van der Waals surface area contributed by atoms with Gasteiger partial charge in [0.15, 0.2) is 5.65 Å². The number of carboxylic acid groups (broad SMARTS) is 1. The SMILES string of the molecule is Cc1ccnc2c(C(=O)O)c(Br)nn12. The topological polar surface area (TPSA) is 67.5 Å². The van der Waals surface area contributed by atoms with Crippen molar-refractivity contribution in [2.24, 2.45) is 0 Å². The largest absolute Gasteiger partial charge is 0.477 e. The molecule has 0 spiro atoms. The Balaban J connectivity index is 2.90. The number of hydrogen-bond donors (Lipinski definition) is 1. The lowest BCUT2D eigenvalue weighted by Crippen LogP contribution is -1.99. The molecule has 0 saturated carbocycles. The summed E-state index contributed by atoms with van der Waals surface area (Å²) in [5, 5.41) is 12.9. The average Bonchev–Trinajstić information content (AvgIpc) is 2.42. The van der Waals surface area contributed by atoms with Gasteiger partial charge in [0.2, 0.25) is 0 Å². The Bertz CT molecular complexity index is 521. The summed E-state index contributed by atoms with van der Waals surface area (Å²) in [6.45, 7) is 1.83. The molecule has 2 heterocycles. The van der Waals surface area contributed by atoms with E-state index in [-0.39, 0.29) is 5.56 Å². The third kappa shape index (κ3) is 1.19. The molecule has 2 rings (SSSR count). The van der Waals surface area contributed by atoms with Gasteiger partial charge in [0.25, 0.3) is 0 Å². The van der Waals surface area contributed by atoms with Gasteiger partial charge in [-0.2, -0.15) is 5.10 Å². The summed E-state index contributed by atoms with van der Waals surface area (Å²) in [6, 6.07) is 1.76. The van der Waals surface area contributed by atoms with E-state index in [4.69, 9.17) is 5.11 Å². The molecule has 72 valence electrons. The van der Waals surface area contributed by atoms with E-state index >= 15 is 0 Å². The van der Waals surface area contributed by atoms with Gasteiger partial charge in [-0.05, 0) is 28.9 Å². The van der Waals surface area contributed by atoms with Crippen LogP contribution in [-0.2, 0) is 0 Å². The zero-order valence-corrected chi connectivity index (χ0v) is 8.82. The van der Waals surface area contributed by atoms with Gasteiger partial charge in [-0.3, -0.25) is 0 Å². The lowest BCUT2D eigenvalue weighted by atomic mass is 10.3. The number of nitrogens with zero attached hydrogens (tertiary/aromatic N) is 3. The average molecular weight is 256 g/mol. The number of aryl methyl sites for hydroxylation is 1. The van der Waals surface area contributed by atoms with Crippen molar-refractivity contribution >= 4 is 27.5 Å². The van der Waals surface area contributed by atoms with Crippen LogP contribution in [0.4, 0.5) is 0 Å². The van der Waals surface area contributed by atoms with Crippen LogP contribution in [-0.4, -0.2) is 25.7 Å². The minimum Gasteiger partial charge on any atom is -0.477 e. The maximum Gasteiger partial charge on any atom is 0.342 e. The molecular formula is C8H6BrN3O2. The smallest absolute Gasteiger partial charge is 0.342 e. The number of hydrogen-bond acceptors (Lipinski definition) is 3. The predicted octanol–water partition coefficient (Wildman–Crippen LogP) is 1.50. The second-order valence-electron chi connectivity index (χ2n) is 2.79. The molecule has 1 N–H and O–H groups in total. The van der Waals surface area contributed by atoms with Crippen molar-refractivity contribution in [1.82, 2.24) is 14.6 Å². The van der Waals surface area contributed by atoms with Gasteiger partial charge in [0.05, 0.1) is 0 Å². The number of halogens is 1. The quantitative estimate of drug-likeness (QED) is 0.839. The number of aromatic nitrogens is 3. The molecule has 0 radical (unpaired) electrons. The summed E-state index contributed by atoms with van der Waals surface area (Å²) in [4.78, 5) is 14.9. The first-order valence-electron chi connectivity index (χ1n) is 3.84. The number of carbonyl (C=O) groups is 1. The summed E-state index contributed by atoms with van der Waals surface area (Å²) in [7, 11) is 0. The van der Waals surface area contributed by atoms with Gasteiger partial charge in [0, 0.05) is 11.9 Å². The number of rotatable bonds is 1. The van der Waals surface area contributed by atoms with Gasteiger partial charge in [-0.1, -0.05) is 0 Å². The molecule has 0 amide bonds. The second kappa shape index (κ2) is 3.06. The second-order valence-corrected chi connectivity index (χ2v) is 3.54. The fourth-order valence-electron chi connectivity index (χ4n) is 1.22. The summed E-state index contributed by atoms with van der Waals surface area (Å²) in [5.74, 6) is -1.04. The fourth-order valence-corrected chi connectivity index (χ4v) is 1.72. The lowest BCUT2D eigenvalue weighted by molar-refractivity contribution is 0.0698. The molecule has 0 fully saturated rings. The van der Waals surface area contributed by atoms with Crippen molar-refractivity contribution < 1.29 is 9.90 Å². The highest BCUT2D eigenvalue weighted by molar-refractivity contribution is 9.10. The maximum absolute atomic E-state index is 10.9. The first-order chi connectivity index (χ1) is 6.61. The van der Waals surface area contributed by atoms with E-state index in [0.717, 1.165) is 5.69 Å². The Kier molecular flexibility index (Phi) is 1.99. The van der Waals surface area contributed by atoms with Gasteiger partial charge in [0.1, 0.15) is 10.2 Å². The Labute approximate surface area is 87.5 Å². The molecule has 2 aromatic heterocycles. The van der Waals surface area contributed by atoms with Crippen molar-refractivity contribution in [3.63, 3.8) is 0 Å². The molecule has 5 nitrogen and oxygen atoms in total. The molecule has 0 atom stereocenters. The van der Waals surface area contributed by atoms with Crippen molar-refractivity contribution in [3.8, 4) is 0 Å². The summed E-state index contributed by atoms with van der Waals surface area (Å²) >= 11 is 3.09. The van der Waals surface area contributed by atoms with Crippen LogP contribution in [0, 0.1) is 6.92 Å². The zero-order chi connectivity index (χ0) is 10.3. The first-order valence-corrected chi connectivity index (χ1v) is 4.63. The van der Waals surface area contributed by atoms with E-state index in [1.165, 1.54) is 4.52 Å². The Morgan fingerprint density at radius 1 is 1.64 bits per heavy atom. The van der Waals surface area contributed by atoms with Crippen LogP contribution in [0.2, 0.25) is 0 Å². The third-order valence-electron chi connectivity index (χ3n) is 1.88. The minimum absolute atomic E-state index is 0.0914. The highest BCUT2D eigenvalue weighted by Crippen LogP contribution is 2.19. The van der Waals surface area contributed by atoms with Crippen LogP contribution in [0.1, 0.15) is 16.1 Å². The molecule has 0 aliphatic heterocycles. The van der Waals surface area contributed by atoms with E-state index in [1.807, 2.05) is 6.92 Å². The van der Waals surface area contributed by atoms with Crippen molar-refractivity contribution in [3.05, 3.63) is 28.1 Å². The first kappa shape index (κ1) is 9.14. The number of aromatic carboxylic acids is 1. The predicted molar refractivity (Wildman–Crippen MR) is 52.4 cm³/mol. The monoisotopic (exact) mass is 255 g/mol. The Morgan fingerprint density at radius 3 is 3.00 bits per heavy atom. The Hall–Kier alpha value is -1.43. The highest BCUT2D eigenvalue weighted by Gasteiger charge is 2.18. The van der Waals surface area contributed by atoms with Crippen LogP contribution in [0.25, 0.3) is 5.65 Å². The van der Waals surface area contributed by atoms with Crippen molar-refractivity contribution in [1.29, 1.82) is 0 Å². The zero-order valence-electron chi connectivity index (χ0n) is 7.23. The van der Waals surface area contributed by atoms with E-state index in [9.17, 15) is 4.79 Å². The van der Waals surface area contributed by atoms with Gasteiger partial charge in [-0.25, -0.2) is 14.3 Å². The van der Waals surface area contributed by atoms with Crippen LogP contribution < -0.4 is 0 Å². The molecule has 0 aliphatic carbocycles. The van der Waals surface area contributed by atoms with E-state index in [1.54, 1.807) is 12.3 Å². The van der Waals surface area contributed by atoms with Crippen LogP contribution in [0.15, 0.2) is 16.9 Å². The molecule has 0 bridgehead atoms. The minimum atomic E-state index is -1.04. The molecule has 0 aromatic carbocycles. The summed E-state index contributed by atoms with van der Waals surface area (Å²) < 4.78 is 1.79. The standard InChI is InChI=1S/C8H6BrN3O2/c1-4-2-3-10-7-5(8(13)14)6(9)11-12(4)7/h2-3H,1H3,(H,13,14). The maximum atomic E-state index is 10.9. The molecule has 6 heteroatoms. The lowest BCUT2D eigenvalue weighted by Gasteiger charge is -1.96. The molecule has 2 aromatic rings. The number of fused-ring (bicyclic) bond motifs is 1. The van der Waals surface area contributed by atoms with E-state index in [0.29, 0.717) is 10.3 Å². The van der Waals surface area contributed by atoms with E-state index < -0.39 is 5.97 Å². The van der Waals surface area contributed by atoms with Gasteiger partial charge >= 0.3 is 5.97 Å².